The van der Waals surface area contributed by atoms with Crippen LogP contribution in [-0.4, -0.2) is 29.9 Å². The van der Waals surface area contributed by atoms with Crippen LogP contribution in [0.4, 0.5) is 5.95 Å². The topological polar surface area (TPSA) is 55.3 Å². The Kier molecular flexibility index (Phi) is 4.85. The van der Waals surface area contributed by atoms with Gasteiger partial charge in [-0.15, -0.1) is 0 Å². The predicted octanol–water partition coefficient (Wildman–Crippen LogP) is 1.56. The van der Waals surface area contributed by atoms with E-state index in [1.54, 1.807) is 24.6 Å². The Hall–Kier alpha value is -1.49. The Labute approximate surface area is 95.4 Å². The first-order chi connectivity index (χ1) is 7.72. The van der Waals surface area contributed by atoms with Gasteiger partial charge in [-0.1, -0.05) is 13.8 Å². The van der Waals surface area contributed by atoms with Gasteiger partial charge in [0.15, 0.2) is 0 Å². The number of rotatable bonds is 6. The molecule has 0 aliphatic carbocycles. The molecule has 0 aliphatic heterocycles. The molecule has 0 aliphatic rings. The second-order valence-corrected chi connectivity index (χ2v) is 3.53. The van der Waals surface area contributed by atoms with Crippen LogP contribution in [0.25, 0.3) is 0 Å². The zero-order valence-corrected chi connectivity index (χ0v) is 9.88. The number of hydrogen-bond acceptors (Lipinski definition) is 5. The summed E-state index contributed by atoms with van der Waals surface area (Å²) in [4.78, 5) is 24.1. The Morgan fingerprint density at radius 2 is 2.12 bits per heavy atom. The van der Waals surface area contributed by atoms with Crippen LogP contribution in [0.1, 0.15) is 31.7 Å². The van der Waals surface area contributed by atoms with Crippen LogP contribution >= 0.6 is 0 Å². The minimum absolute atomic E-state index is 0.170. The molecule has 1 heterocycles. The Balaban J connectivity index is 2.80. The standard InChI is InChI=1S/C11H17N3O2/c1-4-5-14(16-3)11-12-6-10(7-13-11)9(2)8-15/h6-9H,4-5H2,1-3H3. The molecule has 1 aromatic heterocycles. The molecule has 0 amide bonds. The SMILES string of the molecule is CCCN(OC)c1ncc(C(C)C=O)cn1. The molecule has 0 saturated carbocycles. The number of anilines is 1. The fourth-order valence-electron chi connectivity index (χ4n) is 1.25. The maximum atomic E-state index is 10.6. The van der Waals surface area contributed by atoms with Crippen LogP contribution in [0.2, 0.25) is 0 Å². The summed E-state index contributed by atoms with van der Waals surface area (Å²) in [6, 6.07) is 0. The highest BCUT2D eigenvalue weighted by Gasteiger charge is 2.09. The van der Waals surface area contributed by atoms with Crippen molar-refractivity contribution >= 4 is 12.2 Å². The van der Waals surface area contributed by atoms with Crippen LogP contribution < -0.4 is 5.06 Å². The van der Waals surface area contributed by atoms with Crippen LogP contribution in [0, 0.1) is 0 Å². The van der Waals surface area contributed by atoms with Gasteiger partial charge in [-0.2, -0.15) is 0 Å². The van der Waals surface area contributed by atoms with Crippen molar-refractivity contribution in [3.05, 3.63) is 18.0 Å². The van der Waals surface area contributed by atoms with Gasteiger partial charge in [0.25, 0.3) is 0 Å². The molecule has 1 atom stereocenters. The first-order valence-electron chi connectivity index (χ1n) is 5.31. The quantitative estimate of drug-likeness (QED) is 0.541. The van der Waals surface area contributed by atoms with Crippen molar-refractivity contribution in [2.75, 3.05) is 18.7 Å². The summed E-state index contributed by atoms with van der Waals surface area (Å²) >= 11 is 0. The Morgan fingerprint density at radius 1 is 1.50 bits per heavy atom. The van der Waals surface area contributed by atoms with Gasteiger partial charge >= 0.3 is 0 Å². The summed E-state index contributed by atoms with van der Waals surface area (Å²) in [6.07, 6.45) is 5.13. The Morgan fingerprint density at radius 3 is 2.56 bits per heavy atom. The number of aromatic nitrogens is 2. The molecule has 1 aromatic rings. The summed E-state index contributed by atoms with van der Waals surface area (Å²) in [6.45, 7) is 4.60. The number of carbonyl (C=O) groups is 1. The molecule has 0 N–H and O–H groups in total. The smallest absolute Gasteiger partial charge is 0.249 e. The molecule has 0 saturated heterocycles. The third-order valence-corrected chi connectivity index (χ3v) is 2.26. The summed E-state index contributed by atoms with van der Waals surface area (Å²) in [7, 11) is 1.58. The minimum Gasteiger partial charge on any atom is -0.303 e. The zero-order valence-electron chi connectivity index (χ0n) is 9.88. The van der Waals surface area contributed by atoms with Crippen molar-refractivity contribution in [2.24, 2.45) is 0 Å². The van der Waals surface area contributed by atoms with Crippen molar-refractivity contribution in [1.82, 2.24) is 9.97 Å². The van der Waals surface area contributed by atoms with Crippen LogP contribution in [-0.2, 0) is 9.63 Å². The van der Waals surface area contributed by atoms with Gasteiger partial charge in [-0.05, 0) is 12.0 Å². The van der Waals surface area contributed by atoms with Crippen LogP contribution in [0.15, 0.2) is 12.4 Å². The third kappa shape index (κ3) is 3.00. The molecule has 5 nitrogen and oxygen atoms in total. The molecule has 0 aromatic carbocycles. The molecule has 0 fully saturated rings. The monoisotopic (exact) mass is 223 g/mol. The summed E-state index contributed by atoms with van der Waals surface area (Å²) < 4.78 is 0. The van der Waals surface area contributed by atoms with Gasteiger partial charge in [0.1, 0.15) is 6.29 Å². The first kappa shape index (κ1) is 12.6. The number of nitrogens with zero attached hydrogens (tertiary/aromatic N) is 3. The number of hydroxylamine groups is 1. The van der Waals surface area contributed by atoms with E-state index in [4.69, 9.17) is 4.84 Å². The summed E-state index contributed by atoms with van der Waals surface area (Å²) in [5.74, 6) is 0.349. The molecule has 0 radical (unpaired) electrons. The lowest BCUT2D eigenvalue weighted by molar-refractivity contribution is -0.108. The largest absolute Gasteiger partial charge is 0.303 e. The lowest BCUT2D eigenvalue weighted by atomic mass is 10.1. The van der Waals surface area contributed by atoms with Crippen LogP contribution in [0.3, 0.4) is 0 Å². The molecule has 16 heavy (non-hydrogen) atoms. The van der Waals surface area contributed by atoms with Crippen molar-refractivity contribution in [2.45, 2.75) is 26.2 Å². The van der Waals surface area contributed by atoms with Crippen molar-refractivity contribution in [3.8, 4) is 0 Å². The van der Waals surface area contributed by atoms with Gasteiger partial charge in [-0.25, -0.2) is 15.0 Å². The lowest BCUT2D eigenvalue weighted by Gasteiger charge is -2.18. The minimum atomic E-state index is -0.170. The second-order valence-electron chi connectivity index (χ2n) is 3.53. The fraction of sp³-hybridized carbons (Fsp3) is 0.545. The van der Waals surface area contributed by atoms with E-state index in [1.165, 1.54) is 0 Å². The molecular weight excluding hydrogens is 206 g/mol. The van der Waals surface area contributed by atoms with E-state index in [9.17, 15) is 4.79 Å². The highest BCUT2D eigenvalue weighted by Crippen LogP contribution is 2.13. The molecule has 88 valence electrons. The van der Waals surface area contributed by atoms with E-state index in [2.05, 4.69) is 16.9 Å². The van der Waals surface area contributed by atoms with Gasteiger partial charge in [-0.3, -0.25) is 4.84 Å². The lowest BCUT2D eigenvalue weighted by Crippen LogP contribution is -2.24. The average Bonchev–Trinajstić information content (AvgIpc) is 2.35. The van der Waals surface area contributed by atoms with Crippen molar-refractivity contribution in [1.29, 1.82) is 0 Å². The molecule has 5 heteroatoms. The van der Waals surface area contributed by atoms with Gasteiger partial charge < -0.3 is 4.79 Å². The fourth-order valence-corrected chi connectivity index (χ4v) is 1.25. The predicted molar refractivity (Wildman–Crippen MR) is 61.2 cm³/mol. The maximum absolute atomic E-state index is 10.6. The van der Waals surface area contributed by atoms with Crippen molar-refractivity contribution < 1.29 is 9.63 Å². The highest BCUT2D eigenvalue weighted by atomic mass is 16.7. The van der Waals surface area contributed by atoms with Gasteiger partial charge in [0.05, 0.1) is 7.11 Å². The molecule has 0 spiro atoms. The van der Waals surface area contributed by atoms with E-state index >= 15 is 0 Å². The summed E-state index contributed by atoms with van der Waals surface area (Å²) in [5.41, 5.74) is 0.811. The highest BCUT2D eigenvalue weighted by molar-refractivity contribution is 5.60. The van der Waals surface area contributed by atoms with Crippen LogP contribution in [0.5, 0.6) is 0 Å². The average molecular weight is 223 g/mol. The number of aldehydes is 1. The van der Waals surface area contributed by atoms with E-state index in [0.29, 0.717) is 5.95 Å². The maximum Gasteiger partial charge on any atom is 0.249 e. The second kappa shape index (κ2) is 6.17. The normalized spacial score (nSPS) is 12.2. The first-order valence-corrected chi connectivity index (χ1v) is 5.31. The third-order valence-electron chi connectivity index (χ3n) is 2.26. The summed E-state index contributed by atoms with van der Waals surface area (Å²) in [5, 5.41) is 1.62. The Bertz CT molecular complexity index is 327. The number of hydrogen-bond donors (Lipinski definition) is 0. The number of carbonyl (C=O) groups excluding carboxylic acids is 1. The molecule has 1 unspecified atom stereocenters. The van der Waals surface area contributed by atoms with Crippen molar-refractivity contribution in [3.63, 3.8) is 0 Å². The van der Waals surface area contributed by atoms with E-state index in [1.807, 2.05) is 6.92 Å². The zero-order chi connectivity index (χ0) is 12.0. The molecular formula is C11H17N3O2. The van der Waals surface area contributed by atoms with E-state index in [-0.39, 0.29) is 5.92 Å². The van der Waals surface area contributed by atoms with Gasteiger partial charge in [0.2, 0.25) is 5.95 Å². The van der Waals surface area contributed by atoms with E-state index in [0.717, 1.165) is 24.8 Å². The molecule has 0 bridgehead atoms. The van der Waals surface area contributed by atoms with E-state index < -0.39 is 0 Å². The van der Waals surface area contributed by atoms with Gasteiger partial charge in [0, 0.05) is 24.9 Å². The molecule has 1 rings (SSSR count).